The zero-order chi connectivity index (χ0) is 14.7. The first-order chi connectivity index (χ1) is 9.21. The minimum absolute atomic E-state index is 0.0671. The number of amides is 1. The number of hydrogen-bond acceptors (Lipinski definition) is 2. The zero-order valence-electron chi connectivity index (χ0n) is 12.9. The summed E-state index contributed by atoms with van der Waals surface area (Å²) in [7, 11) is 0. The minimum atomic E-state index is 0.0671. The van der Waals surface area contributed by atoms with E-state index in [-0.39, 0.29) is 16.7 Å². The van der Waals surface area contributed by atoms with Crippen molar-refractivity contribution in [2.24, 2.45) is 5.10 Å². The predicted octanol–water partition coefficient (Wildman–Crippen LogP) is 3.76. The van der Waals surface area contributed by atoms with E-state index in [1.165, 1.54) is 11.1 Å². The van der Waals surface area contributed by atoms with E-state index in [9.17, 15) is 4.79 Å². The summed E-state index contributed by atoms with van der Waals surface area (Å²) >= 11 is 0. The molecule has 0 spiro atoms. The third kappa shape index (κ3) is 1.88. The number of hydrogen-bond donors (Lipinski definition) is 0. The molecule has 1 aromatic rings. The molecule has 0 N–H and O–H groups in total. The van der Waals surface area contributed by atoms with Gasteiger partial charge in [0.2, 0.25) is 0 Å². The van der Waals surface area contributed by atoms with Crippen molar-refractivity contribution in [2.75, 3.05) is 5.01 Å². The summed E-state index contributed by atoms with van der Waals surface area (Å²) in [5.74, 6) is 0.0671. The SMILES string of the molecule is CC1=NN(c2ccc3c(c2)C(C)(C)CC3(C)C)C(=O)C1. The number of nitrogens with zero attached hydrogens (tertiary/aromatic N) is 2. The second kappa shape index (κ2) is 3.94. The third-order valence-electron chi connectivity index (χ3n) is 4.50. The van der Waals surface area contributed by atoms with Gasteiger partial charge in [-0.05, 0) is 47.4 Å². The van der Waals surface area contributed by atoms with Crippen LogP contribution in [0, 0.1) is 0 Å². The highest BCUT2D eigenvalue weighted by Crippen LogP contribution is 2.50. The molecule has 3 heteroatoms. The molecule has 20 heavy (non-hydrogen) atoms. The fourth-order valence-electron chi connectivity index (χ4n) is 3.87. The molecule has 1 aliphatic carbocycles. The summed E-state index contributed by atoms with van der Waals surface area (Å²) in [6, 6.07) is 6.36. The number of carbonyl (C=O) groups is 1. The number of anilines is 1. The molecule has 0 saturated heterocycles. The number of rotatable bonds is 1. The van der Waals surface area contributed by atoms with Crippen LogP contribution in [-0.4, -0.2) is 11.6 Å². The van der Waals surface area contributed by atoms with Crippen molar-refractivity contribution in [3.8, 4) is 0 Å². The Morgan fingerprint density at radius 1 is 1.10 bits per heavy atom. The Balaban J connectivity index is 2.09. The summed E-state index contributed by atoms with van der Waals surface area (Å²) in [6.07, 6.45) is 1.57. The van der Waals surface area contributed by atoms with E-state index in [0.717, 1.165) is 17.8 Å². The van der Waals surface area contributed by atoms with Gasteiger partial charge in [-0.2, -0.15) is 5.10 Å². The van der Waals surface area contributed by atoms with E-state index < -0.39 is 0 Å². The van der Waals surface area contributed by atoms with Crippen molar-refractivity contribution >= 4 is 17.3 Å². The summed E-state index contributed by atoms with van der Waals surface area (Å²) in [6.45, 7) is 11.1. The first-order valence-electron chi connectivity index (χ1n) is 7.23. The maximum absolute atomic E-state index is 12.0. The van der Waals surface area contributed by atoms with Crippen LogP contribution in [0.15, 0.2) is 23.3 Å². The fourth-order valence-corrected chi connectivity index (χ4v) is 3.87. The van der Waals surface area contributed by atoms with Gasteiger partial charge in [0.05, 0.1) is 12.1 Å². The molecule has 1 aromatic carbocycles. The van der Waals surface area contributed by atoms with Crippen LogP contribution in [0.1, 0.15) is 58.6 Å². The molecule has 0 aromatic heterocycles. The van der Waals surface area contributed by atoms with Crippen molar-refractivity contribution in [3.05, 3.63) is 29.3 Å². The van der Waals surface area contributed by atoms with Crippen molar-refractivity contribution in [3.63, 3.8) is 0 Å². The zero-order valence-corrected chi connectivity index (χ0v) is 12.9. The van der Waals surface area contributed by atoms with Gasteiger partial charge in [0.25, 0.3) is 5.91 Å². The van der Waals surface area contributed by atoms with E-state index in [1.807, 2.05) is 13.0 Å². The van der Waals surface area contributed by atoms with Crippen LogP contribution < -0.4 is 5.01 Å². The molecule has 1 amide bonds. The van der Waals surface area contributed by atoms with Gasteiger partial charge >= 0.3 is 0 Å². The molecule has 1 aliphatic heterocycles. The number of benzene rings is 1. The van der Waals surface area contributed by atoms with Crippen LogP contribution in [-0.2, 0) is 15.6 Å². The molecule has 0 atom stereocenters. The van der Waals surface area contributed by atoms with Crippen LogP contribution in [0.4, 0.5) is 5.69 Å². The predicted molar refractivity (Wildman–Crippen MR) is 82.3 cm³/mol. The van der Waals surface area contributed by atoms with Gasteiger partial charge in [-0.25, -0.2) is 5.01 Å². The molecular weight excluding hydrogens is 248 g/mol. The molecule has 3 nitrogen and oxygen atoms in total. The smallest absolute Gasteiger partial charge is 0.253 e. The number of hydrazone groups is 1. The van der Waals surface area contributed by atoms with Gasteiger partial charge in [-0.3, -0.25) is 4.79 Å². The van der Waals surface area contributed by atoms with Crippen molar-refractivity contribution in [1.82, 2.24) is 0 Å². The first kappa shape index (κ1) is 13.3. The minimum Gasteiger partial charge on any atom is -0.272 e. The second-order valence-corrected chi connectivity index (χ2v) is 7.39. The normalized spacial score (nSPS) is 22.9. The van der Waals surface area contributed by atoms with Gasteiger partial charge in [-0.1, -0.05) is 33.8 Å². The Bertz CT molecular complexity index is 626. The Hall–Kier alpha value is -1.64. The molecule has 1 heterocycles. The molecular formula is C17H22N2O. The Labute approximate surface area is 120 Å². The van der Waals surface area contributed by atoms with Gasteiger partial charge in [0.1, 0.15) is 0 Å². The Morgan fingerprint density at radius 2 is 1.75 bits per heavy atom. The van der Waals surface area contributed by atoms with Gasteiger partial charge in [0.15, 0.2) is 0 Å². The summed E-state index contributed by atoms with van der Waals surface area (Å²) in [5.41, 5.74) is 4.89. The second-order valence-electron chi connectivity index (χ2n) is 7.39. The van der Waals surface area contributed by atoms with E-state index >= 15 is 0 Å². The van der Waals surface area contributed by atoms with Gasteiger partial charge in [-0.15, -0.1) is 0 Å². The van der Waals surface area contributed by atoms with Crippen LogP contribution in [0.5, 0.6) is 0 Å². The standard InChI is InChI=1S/C17H22N2O/c1-11-8-15(20)19(18-11)12-6-7-13-14(9-12)17(4,5)10-16(13,2)3/h6-7,9H,8,10H2,1-5H3. The molecule has 3 rings (SSSR count). The summed E-state index contributed by atoms with van der Waals surface area (Å²) in [4.78, 5) is 12.0. The van der Waals surface area contributed by atoms with Crippen molar-refractivity contribution in [1.29, 1.82) is 0 Å². The lowest BCUT2D eigenvalue weighted by molar-refractivity contribution is -0.116. The molecule has 0 bridgehead atoms. The largest absolute Gasteiger partial charge is 0.272 e. The average Bonchev–Trinajstić information content (AvgIpc) is 2.74. The molecule has 0 fully saturated rings. The monoisotopic (exact) mass is 270 g/mol. The molecule has 2 aliphatic rings. The Kier molecular flexibility index (Phi) is 2.63. The van der Waals surface area contributed by atoms with E-state index in [2.05, 4.69) is 44.9 Å². The lowest BCUT2D eigenvalue weighted by Crippen LogP contribution is -2.20. The quantitative estimate of drug-likeness (QED) is 0.764. The maximum atomic E-state index is 12.0. The van der Waals surface area contributed by atoms with Gasteiger partial charge < -0.3 is 0 Å². The lowest BCUT2D eigenvalue weighted by Gasteiger charge is -2.22. The highest BCUT2D eigenvalue weighted by atomic mass is 16.2. The first-order valence-corrected chi connectivity index (χ1v) is 7.23. The van der Waals surface area contributed by atoms with Crippen LogP contribution in [0.2, 0.25) is 0 Å². The molecule has 0 unspecified atom stereocenters. The lowest BCUT2D eigenvalue weighted by atomic mass is 9.82. The summed E-state index contributed by atoms with van der Waals surface area (Å²) < 4.78 is 0. The van der Waals surface area contributed by atoms with Crippen LogP contribution >= 0.6 is 0 Å². The average molecular weight is 270 g/mol. The number of fused-ring (bicyclic) bond motifs is 1. The van der Waals surface area contributed by atoms with Gasteiger partial charge in [0, 0.05) is 5.71 Å². The van der Waals surface area contributed by atoms with Crippen LogP contribution in [0.25, 0.3) is 0 Å². The maximum Gasteiger partial charge on any atom is 0.253 e. The molecule has 106 valence electrons. The highest BCUT2D eigenvalue weighted by Gasteiger charge is 2.42. The van der Waals surface area contributed by atoms with Crippen LogP contribution in [0.3, 0.4) is 0 Å². The van der Waals surface area contributed by atoms with E-state index in [0.29, 0.717) is 6.42 Å². The van der Waals surface area contributed by atoms with E-state index in [1.54, 1.807) is 5.01 Å². The number of carbonyl (C=O) groups excluding carboxylic acids is 1. The van der Waals surface area contributed by atoms with E-state index in [4.69, 9.17) is 0 Å². The fraction of sp³-hybridized carbons (Fsp3) is 0.529. The molecule has 0 saturated carbocycles. The third-order valence-corrected chi connectivity index (χ3v) is 4.50. The molecule has 0 radical (unpaired) electrons. The van der Waals surface area contributed by atoms with Crippen molar-refractivity contribution in [2.45, 2.75) is 58.3 Å². The topological polar surface area (TPSA) is 32.7 Å². The van der Waals surface area contributed by atoms with Crippen molar-refractivity contribution < 1.29 is 4.79 Å². The highest BCUT2D eigenvalue weighted by molar-refractivity contribution is 6.12. The Morgan fingerprint density at radius 3 is 2.35 bits per heavy atom. The summed E-state index contributed by atoms with van der Waals surface area (Å²) in [5, 5.41) is 5.90.